The highest BCUT2D eigenvalue weighted by Crippen LogP contribution is 2.29. The molecule has 0 saturated heterocycles. The van der Waals surface area contributed by atoms with Crippen LogP contribution < -0.4 is 10.2 Å². The number of hydrogen-bond acceptors (Lipinski definition) is 4. The van der Waals surface area contributed by atoms with Gasteiger partial charge in [0.05, 0.1) is 5.69 Å². The van der Waals surface area contributed by atoms with Crippen LogP contribution in [0.15, 0.2) is 72.1 Å². The number of nitrogens with zero attached hydrogens (tertiary/aromatic N) is 2. The van der Waals surface area contributed by atoms with E-state index >= 15 is 0 Å². The highest BCUT2D eigenvalue weighted by Gasteiger charge is 2.11. The van der Waals surface area contributed by atoms with Crippen LogP contribution in [0.25, 0.3) is 22.0 Å². The minimum absolute atomic E-state index is 0.116. The molecule has 0 aliphatic rings. The Kier molecular flexibility index (Phi) is 5.58. The first-order valence-corrected chi connectivity index (χ1v) is 10.7. The highest BCUT2D eigenvalue weighted by atomic mass is 32.1. The maximum atomic E-state index is 12.7. The number of anilines is 2. The minimum Gasteiger partial charge on any atom is -0.349 e. The van der Waals surface area contributed by atoms with E-state index in [1.807, 2.05) is 66.7 Å². The van der Waals surface area contributed by atoms with Gasteiger partial charge in [-0.05, 0) is 48.9 Å². The van der Waals surface area contributed by atoms with E-state index in [9.17, 15) is 4.79 Å². The smallest absolute Gasteiger partial charge is 0.255 e. The first kappa shape index (κ1) is 19.2. The number of nitrogens with one attached hydrogen (secondary N) is 1. The van der Waals surface area contributed by atoms with Crippen LogP contribution in [0, 0.1) is 0 Å². The summed E-state index contributed by atoms with van der Waals surface area (Å²) in [5.74, 6) is -0.116. The van der Waals surface area contributed by atoms with Crippen LogP contribution in [0.2, 0.25) is 0 Å². The summed E-state index contributed by atoms with van der Waals surface area (Å²) in [4.78, 5) is 19.7. The molecule has 0 radical (unpaired) electrons. The fraction of sp³-hybridized carbons (Fsp3) is 0.167. The molecule has 0 unspecified atom stereocenters. The molecule has 1 amide bonds. The zero-order valence-corrected chi connectivity index (χ0v) is 17.4. The van der Waals surface area contributed by atoms with Gasteiger partial charge in [0, 0.05) is 35.3 Å². The average Bonchev–Trinajstić information content (AvgIpc) is 3.24. The van der Waals surface area contributed by atoms with Gasteiger partial charge in [0.1, 0.15) is 0 Å². The van der Waals surface area contributed by atoms with Crippen molar-refractivity contribution in [3.63, 3.8) is 0 Å². The van der Waals surface area contributed by atoms with E-state index in [0.717, 1.165) is 45.9 Å². The third-order valence-electron chi connectivity index (χ3n) is 4.95. The summed E-state index contributed by atoms with van der Waals surface area (Å²) < 4.78 is 0. The van der Waals surface area contributed by atoms with E-state index < -0.39 is 0 Å². The van der Waals surface area contributed by atoms with E-state index in [1.165, 1.54) is 0 Å². The van der Waals surface area contributed by atoms with Crippen LogP contribution in [-0.4, -0.2) is 24.0 Å². The second kappa shape index (κ2) is 8.45. The van der Waals surface area contributed by atoms with E-state index in [-0.39, 0.29) is 5.91 Å². The largest absolute Gasteiger partial charge is 0.349 e. The second-order valence-electron chi connectivity index (χ2n) is 6.78. The summed E-state index contributed by atoms with van der Waals surface area (Å²) in [6, 6.07) is 21.6. The molecule has 0 spiro atoms. The number of rotatable bonds is 6. The number of amides is 1. The number of hydrogen-bond donors (Lipinski definition) is 1. The van der Waals surface area contributed by atoms with Gasteiger partial charge < -0.3 is 10.2 Å². The molecular formula is C24H23N3OS. The van der Waals surface area contributed by atoms with Crippen molar-refractivity contribution < 1.29 is 4.79 Å². The van der Waals surface area contributed by atoms with Crippen LogP contribution in [0.5, 0.6) is 0 Å². The van der Waals surface area contributed by atoms with E-state index in [4.69, 9.17) is 4.98 Å². The standard InChI is InChI=1S/C24H23N3OS/c1-3-27(4-2)24-26-22(16-29-24)19-10-7-11-21(15-19)25-23(28)20-13-12-17-8-5-6-9-18(17)14-20/h5-16H,3-4H2,1-2H3,(H,25,28). The Balaban J connectivity index is 1.54. The summed E-state index contributed by atoms with van der Waals surface area (Å²) >= 11 is 1.65. The number of carbonyl (C=O) groups is 1. The van der Waals surface area contributed by atoms with Gasteiger partial charge in [0.15, 0.2) is 5.13 Å². The Labute approximate surface area is 174 Å². The lowest BCUT2D eigenvalue weighted by Crippen LogP contribution is -2.21. The van der Waals surface area contributed by atoms with Crippen molar-refractivity contribution in [1.29, 1.82) is 0 Å². The van der Waals surface area contributed by atoms with Crippen molar-refractivity contribution in [2.75, 3.05) is 23.3 Å². The summed E-state index contributed by atoms with van der Waals surface area (Å²) in [7, 11) is 0. The number of benzene rings is 3. The van der Waals surface area contributed by atoms with Crippen molar-refractivity contribution in [3.8, 4) is 11.3 Å². The number of carbonyl (C=O) groups excluding carboxylic acids is 1. The van der Waals surface area contributed by atoms with Crippen LogP contribution in [0.3, 0.4) is 0 Å². The molecule has 1 aromatic heterocycles. The van der Waals surface area contributed by atoms with Gasteiger partial charge in [0.2, 0.25) is 0 Å². The molecule has 4 nitrogen and oxygen atoms in total. The molecule has 3 aromatic carbocycles. The molecule has 29 heavy (non-hydrogen) atoms. The molecule has 0 atom stereocenters. The van der Waals surface area contributed by atoms with Gasteiger partial charge >= 0.3 is 0 Å². The molecule has 4 aromatic rings. The molecule has 1 N–H and O–H groups in total. The third kappa shape index (κ3) is 4.15. The molecule has 4 rings (SSSR count). The monoisotopic (exact) mass is 401 g/mol. The van der Waals surface area contributed by atoms with Crippen LogP contribution >= 0.6 is 11.3 Å². The fourth-order valence-corrected chi connectivity index (χ4v) is 4.29. The van der Waals surface area contributed by atoms with Crippen molar-refractivity contribution in [2.24, 2.45) is 0 Å². The van der Waals surface area contributed by atoms with Gasteiger partial charge in [-0.2, -0.15) is 0 Å². The normalized spacial score (nSPS) is 10.8. The summed E-state index contributed by atoms with van der Waals surface area (Å²) in [6.07, 6.45) is 0. The van der Waals surface area contributed by atoms with Crippen molar-refractivity contribution >= 4 is 38.8 Å². The van der Waals surface area contributed by atoms with Crippen LogP contribution in [0.1, 0.15) is 24.2 Å². The van der Waals surface area contributed by atoms with E-state index in [2.05, 4.69) is 29.4 Å². The summed E-state index contributed by atoms with van der Waals surface area (Å²) in [5.41, 5.74) is 3.33. The lowest BCUT2D eigenvalue weighted by molar-refractivity contribution is 0.102. The van der Waals surface area contributed by atoms with Gasteiger partial charge in [-0.3, -0.25) is 4.79 Å². The van der Waals surface area contributed by atoms with Gasteiger partial charge in [0.25, 0.3) is 5.91 Å². The summed E-state index contributed by atoms with van der Waals surface area (Å²) in [5, 5.41) is 8.28. The molecule has 0 fully saturated rings. The number of aromatic nitrogens is 1. The quantitative estimate of drug-likeness (QED) is 0.427. The molecular weight excluding hydrogens is 378 g/mol. The fourth-order valence-electron chi connectivity index (χ4n) is 3.33. The Morgan fingerprint density at radius 1 is 0.966 bits per heavy atom. The van der Waals surface area contributed by atoms with Crippen LogP contribution in [0.4, 0.5) is 10.8 Å². The van der Waals surface area contributed by atoms with Gasteiger partial charge in [-0.1, -0.05) is 42.5 Å². The van der Waals surface area contributed by atoms with Crippen LogP contribution in [-0.2, 0) is 0 Å². The maximum absolute atomic E-state index is 12.7. The van der Waals surface area contributed by atoms with Crippen molar-refractivity contribution in [2.45, 2.75) is 13.8 Å². The van der Waals surface area contributed by atoms with E-state index in [1.54, 1.807) is 11.3 Å². The van der Waals surface area contributed by atoms with Crippen molar-refractivity contribution in [3.05, 3.63) is 77.7 Å². The van der Waals surface area contributed by atoms with Gasteiger partial charge in [-0.25, -0.2) is 4.98 Å². The Morgan fingerprint density at radius 3 is 2.55 bits per heavy atom. The zero-order valence-electron chi connectivity index (χ0n) is 16.6. The molecule has 0 aliphatic carbocycles. The topological polar surface area (TPSA) is 45.2 Å². The van der Waals surface area contributed by atoms with Gasteiger partial charge in [-0.15, -0.1) is 11.3 Å². The number of thiazole rings is 1. The molecule has 0 aliphatic heterocycles. The first-order chi connectivity index (χ1) is 14.2. The average molecular weight is 402 g/mol. The van der Waals surface area contributed by atoms with Crippen molar-refractivity contribution in [1.82, 2.24) is 4.98 Å². The molecule has 1 heterocycles. The molecule has 5 heteroatoms. The number of fused-ring (bicyclic) bond motifs is 1. The lowest BCUT2D eigenvalue weighted by atomic mass is 10.1. The Morgan fingerprint density at radius 2 is 1.76 bits per heavy atom. The Hall–Kier alpha value is -3.18. The molecule has 0 saturated carbocycles. The highest BCUT2D eigenvalue weighted by molar-refractivity contribution is 7.14. The first-order valence-electron chi connectivity index (χ1n) is 9.79. The van der Waals surface area contributed by atoms with E-state index in [0.29, 0.717) is 5.56 Å². The zero-order chi connectivity index (χ0) is 20.2. The maximum Gasteiger partial charge on any atom is 0.255 e. The summed E-state index contributed by atoms with van der Waals surface area (Å²) in [6.45, 7) is 6.14. The molecule has 0 bridgehead atoms. The second-order valence-corrected chi connectivity index (χ2v) is 7.62. The lowest BCUT2D eigenvalue weighted by Gasteiger charge is -2.16. The third-order valence-corrected chi connectivity index (χ3v) is 5.86. The Bertz CT molecular complexity index is 1150. The molecule has 146 valence electrons. The minimum atomic E-state index is -0.116. The SMILES string of the molecule is CCN(CC)c1nc(-c2cccc(NC(=O)c3ccc4ccccc4c3)c2)cs1. The predicted molar refractivity (Wildman–Crippen MR) is 123 cm³/mol. The predicted octanol–water partition coefficient (Wildman–Crippen LogP) is 6.06.